The molecule has 1 aliphatic heterocycles. The average Bonchev–Trinajstić information content (AvgIpc) is 2.69. The van der Waals surface area contributed by atoms with E-state index in [2.05, 4.69) is 28.9 Å². The van der Waals surface area contributed by atoms with Gasteiger partial charge in [-0.3, -0.25) is 0 Å². The van der Waals surface area contributed by atoms with E-state index in [1.807, 2.05) is 6.26 Å². The van der Waals surface area contributed by atoms with Crippen LogP contribution in [-0.4, -0.2) is 60.8 Å². The second-order valence-corrected chi connectivity index (χ2v) is 5.64. The smallest absolute Gasteiger partial charge is 0.190 e. The number of nitrogens with one attached hydrogen (secondary N) is 2. The maximum absolute atomic E-state index is 4.26. The molecular formula is C11H23N5S+2. The fraction of sp³-hybridized carbons (Fsp3) is 0.818. The molecule has 0 spiro atoms. The predicted molar refractivity (Wildman–Crippen MR) is 68.7 cm³/mol. The van der Waals surface area contributed by atoms with E-state index in [4.69, 9.17) is 0 Å². The van der Waals surface area contributed by atoms with Crippen LogP contribution < -0.4 is 9.80 Å². The Labute approximate surface area is 107 Å². The SMILES string of the molecule is CSc1nnc(CC[NH+]2CC[NH+](C)CC2)n1C. The normalized spacial score (nSPS) is 25.1. The minimum atomic E-state index is 1.01. The third-order valence-electron chi connectivity index (χ3n) is 3.62. The van der Waals surface area contributed by atoms with Gasteiger partial charge in [0.2, 0.25) is 0 Å². The number of aromatic nitrogens is 3. The molecule has 17 heavy (non-hydrogen) atoms. The van der Waals surface area contributed by atoms with Gasteiger partial charge in [0.25, 0.3) is 0 Å². The summed E-state index contributed by atoms with van der Waals surface area (Å²) in [6.45, 7) is 6.36. The Morgan fingerprint density at radius 3 is 2.53 bits per heavy atom. The van der Waals surface area contributed by atoms with E-state index in [1.54, 1.807) is 21.6 Å². The molecule has 2 rings (SSSR count). The van der Waals surface area contributed by atoms with Crippen LogP contribution in [0.5, 0.6) is 0 Å². The van der Waals surface area contributed by atoms with Crippen molar-refractivity contribution >= 4 is 11.8 Å². The molecular weight excluding hydrogens is 234 g/mol. The lowest BCUT2D eigenvalue weighted by Crippen LogP contribution is -3.27. The van der Waals surface area contributed by atoms with Gasteiger partial charge in [-0.15, -0.1) is 10.2 Å². The van der Waals surface area contributed by atoms with Crippen molar-refractivity contribution in [3.63, 3.8) is 0 Å². The molecule has 0 saturated carbocycles. The molecule has 0 amide bonds. The van der Waals surface area contributed by atoms with Crippen LogP contribution in [0.15, 0.2) is 5.16 Å². The summed E-state index contributed by atoms with van der Waals surface area (Å²) in [6, 6.07) is 0. The van der Waals surface area contributed by atoms with E-state index in [-0.39, 0.29) is 0 Å². The lowest BCUT2D eigenvalue weighted by atomic mass is 10.3. The first-order chi connectivity index (χ1) is 8.20. The van der Waals surface area contributed by atoms with Crippen LogP contribution in [-0.2, 0) is 13.5 Å². The number of quaternary nitrogens is 2. The van der Waals surface area contributed by atoms with Gasteiger partial charge in [0.1, 0.15) is 32.0 Å². The van der Waals surface area contributed by atoms with Crippen LogP contribution in [0.1, 0.15) is 5.82 Å². The largest absolute Gasteiger partial charge is 0.328 e. The van der Waals surface area contributed by atoms with E-state index in [1.165, 1.54) is 32.7 Å². The van der Waals surface area contributed by atoms with E-state index < -0.39 is 0 Å². The van der Waals surface area contributed by atoms with Gasteiger partial charge in [-0.05, 0) is 6.26 Å². The number of thioether (sulfide) groups is 1. The van der Waals surface area contributed by atoms with Gasteiger partial charge in [-0.1, -0.05) is 11.8 Å². The van der Waals surface area contributed by atoms with Gasteiger partial charge >= 0.3 is 0 Å². The van der Waals surface area contributed by atoms with Crippen LogP contribution in [0.3, 0.4) is 0 Å². The summed E-state index contributed by atoms with van der Waals surface area (Å²) in [4.78, 5) is 3.38. The van der Waals surface area contributed by atoms with E-state index in [0.29, 0.717) is 0 Å². The Morgan fingerprint density at radius 2 is 1.94 bits per heavy atom. The van der Waals surface area contributed by atoms with Gasteiger partial charge in [-0.2, -0.15) is 0 Å². The molecule has 0 aliphatic carbocycles. The Bertz CT molecular complexity index is 357. The molecule has 2 heterocycles. The molecule has 6 heteroatoms. The highest BCUT2D eigenvalue weighted by molar-refractivity contribution is 7.98. The Balaban J connectivity index is 1.83. The molecule has 0 unspecified atom stereocenters. The highest BCUT2D eigenvalue weighted by Gasteiger charge is 2.20. The predicted octanol–water partition coefficient (Wildman–Crippen LogP) is -2.51. The lowest BCUT2D eigenvalue weighted by Gasteiger charge is -2.27. The summed E-state index contributed by atoms with van der Waals surface area (Å²) in [7, 11) is 4.34. The van der Waals surface area contributed by atoms with Crippen molar-refractivity contribution < 1.29 is 9.80 Å². The molecule has 0 radical (unpaired) electrons. The zero-order valence-corrected chi connectivity index (χ0v) is 11.8. The summed E-state index contributed by atoms with van der Waals surface area (Å²) >= 11 is 1.66. The lowest BCUT2D eigenvalue weighted by molar-refractivity contribution is -1.00. The quantitative estimate of drug-likeness (QED) is 0.586. The summed E-state index contributed by atoms with van der Waals surface area (Å²) < 4.78 is 2.12. The molecule has 1 aromatic rings. The first-order valence-electron chi connectivity index (χ1n) is 6.28. The van der Waals surface area contributed by atoms with Gasteiger partial charge < -0.3 is 14.4 Å². The monoisotopic (exact) mass is 257 g/mol. The van der Waals surface area contributed by atoms with Gasteiger partial charge in [0.15, 0.2) is 5.16 Å². The Hall–Kier alpha value is -0.590. The third kappa shape index (κ3) is 3.20. The number of hydrogen-bond acceptors (Lipinski definition) is 3. The van der Waals surface area contributed by atoms with Crippen molar-refractivity contribution in [3.05, 3.63) is 5.82 Å². The van der Waals surface area contributed by atoms with E-state index in [0.717, 1.165) is 17.4 Å². The minimum Gasteiger partial charge on any atom is -0.328 e. The average molecular weight is 257 g/mol. The number of rotatable bonds is 4. The van der Waals surface area contributed by atoms with Crippen molar-refractivity contribution in [1.29, 1.82) is 0 Å². The molecule has 1 fully saturated rings. The minimum absolute atomic E-state index is 1.01. The van der Waals surface area contributed by atoms with Crippen molar-refractivity contribution in [2.75, 3.05) is 46.0 Å². The molecule has 5 nitrogen and oxygen atoms in total. The highest BCUT2D eigenvalue weighted by Crippen LogP contribution is 2.10. The maximum atomic E-state index is 4.26. The van der Waals surface area contributed by atoms with Crippen molar-refractivity contribution in [1.82, 2.24) is 14.8 Å². The highest BCUT2D eigenvalue weighted by atomic mass is 32.2. The summed E-state index contributed by atoms with van der Waals surface area (Å²) in [5.74, 6) is 1.12. The molecule has 1 aliphatic rings. The number of hydrogen-bond donors (Lipinski definition) is 2. The van der Waals surface area contributed by atoms with Crippen LogP contribution in [0.4, 0.5) is 0 Å². The van der Waals surface area contributed by atoms with Gasteiger partial charge in [-0.25, -0.2) is 0 Å². The molecule has 2 N–H and O–H groups in total. The summed E-state index contributed by atoms with van der Waals surface area (Å²) in [5.41, 5.74) is 0. The molecule has 0 aromatic carbocycles. The topological polar surface area (TPSA) is 39.6 Å². The first-order valence-corrected chi connectivity index (χ1v) is 7.50. The van der Waals surface area contributed by atoms with Crippen molar-refractivity contribution in [2.45, 2.75) is 11.6 Å². The van der Waals surface area contributed by atoms with E-state index in [9.17, 15) is 0 Å². The Kier molecular flexibility index (Phi) is 4.42. The van der Waals surface area contributed by atoms with Crippen LogP contribution in [0.2, 0.25) is 0 Å². The van der Waals surface area contributed by atoms with E-state index >= 15 is 0 Å². The second kappa shape index (κ2) is 5.84. The second-order valence-electron chi connectivity index (χ2n) is 4.87. The maximum Gasteiger partial charge on any atom is 0.190 e. The summed E-state index contributed by atoms with van der Waals surface area (Å²) in [5, 5.41) is 9.44. The van der Waals surface area contributed by atoms with Crippen molar-refractivity contribution in [3.8, 4) is 0 Å². The van der Waals surface area contributed by atoms with Gasteiger partial charge in [0, 0.05) is 7.05 Å². The standard InChI is InChI=1S/C11H21N5S/c1-14-6-8-16(9-7-14)5-4-10-12-13-11(17-3)15(10)2/h4-9H2,1-3H3/p+2. The summed E-state index contributed by atoms with van der Waals surface area (Å²) in [6.07, 6.45) is 3.08. The fourth-order valence-corrected chi connectivity index (χ4v) is 2.81. The molecule has 96 valence electrons. The first kappa shape index (κ1) is 12.9. The van der Waals surface area contributed by atoms with Gasteiger partial charge in [0.05, 0.1) is 20.0 Å². The van der Waals surface area contributed by atoms with Crippen LogP contribution in [0.25, 0.3) is 0 Å². The molecule has 0 bridgehead atoms. The zero-order valence-electron chi connectivity index (χ0n) is 11.0. The number of piperazine rings is 1. The van der Waals surface area contributed by atoms with Crippen LogP contribution >= 0.6 is 11.8 Å². The third-order valence-corrected chi connectivity index (χ3v) is 4.34. The Morgan fingerprint density at radius 1 is 1.24 bits per heavy atom. The number of nitrogens with zero attached hydrogens (tertiary/aromatic N) is 3. The number of likely N-dealkylation sites (N-methyl/N-ethyl adjacent to an activating group) is 1. The van der Waals surface area contributed by atoms with Crippen LogP contribution in [0, 0.1) is 0 Å². The zero-order chi connectivity index (χ0) is 12.3. The fourth-order valence-electron chi connectivity index (χ4n) is 2.31. The molecule has 1 saturated heterocycles. The van der Waals surface area contributed by atoms with Crippen molar-refractivity contribution in [2.24, 2.45) is 7.05 Å². The molecule has 1 aromatic heterocycles. The molecule has 0 atom stereocenters.